The summed E-state index contributed by atoms with van der Waals surface area (Å²) in [6.45, 7) is 0. The van der Waals surface area contributed by atoms with E-state index in [1.54, 1.807) is 0 Å². The molecule has 4 heteroatoms. The molecule has 1 aromatic carbocycles. The van der Waals surface area contributed by atoms with Gasteiger partial charge in [-0.3, -0.25) is 4.79 Å². The third kappa shape index (κ3) is 4.00. The van der Waals surface area contributed by atoms with E-state index in [0.29, 0.717) is 17.8 Å². The zero-order chi connectivity index (χ0) is 10.4. The number of nitrogens with two attached hydrogens (primary N) is 1. The zero-order valence-corrected chi connectivity index (χ0v) is 8.51. The van der Waals surface area contributed by atoms with E-state index in [9.17, 15) is 4.79 Å². The van der Waals surface area contributed by atoms with Gasteiger partial charge in [-0.25, -0.2) is 0 Å². The Balaban J connectivity index is 2.38. The van der Waals surface area contributed by atoms with Gasteiger partial charge in [0.25, 0.3) is 0 Å². The maximum absolute atomic E-state index is 11.3. The largest absolute Gasteiger partial charge is 0.393 e. The summed E-state index contributed by atoms with van der Waals surface area (Å²) >= 11 is 4.68. The first kappa shape index (κ1) is 10.7. The number of rotatable bonds is 4. The van der Waals surface area contributed by atoms with Gasteiger partial charge >= 0.3 is 0 Å². The Morgan fingerprint density at radius 1 is 1.29 bits per heavy atom. The highest BCUT2D eigenvalue weighted by Gasteiger charge is 2.01. The number of hydrogen-bond acceptors (Lipinski definition) is 2. The van der Waals surface area contributed by atoms with Gasteiger partial charge in [0.1, 0.15) is 0 Å². The van der Waals surface area contributed by atoms with Crippen LogP contribution in [0.25, 0.3) is 0 Å². The number of carbonyl (C=O) groups is 1. The zero-order valence-electron chi connectivity index (χ0n) is 7.69. The number of para-hydroxylation sites is 1. The van der Waals surface area contributed by atoms with Crippen LogP contribution in [0.2, 0.25) is 0 Å². The van der Waals surface area contributed by atoms with Crippen molar-refractivity contribution in [2.24, 2.45) is 5.73 Å². The van der Waals surface area contributed by atoms with Crippen LogP contribution < -0.4 is 11.1 Å². The number of anilines is 1. The number of thiocarbonyl (C=S) groups is 1. The summed E-state index contributed by atoms with van der Waals surface area (Å²) in [7, 11) is 0. The lowest BCUT2D eigenvalue weighted by Crippen LogP contribution is -2.15. The molecule has 0 spiro atoms. The van der Waals surface area contributed by atoms with Crippen LogP contribution in [-0.4, -0.2) is 10.9 Å². The Kier molecular flexibility index (Phi) is 4.07. The van der Waals surface area contributed by atoms with Crippen molar-refractivity contribution in [3.63, 3.8) is 0 Å². The molecule has 0 aromatic heterocycles. The van der Waals surface area contributed by atoms with Crippen LogP contribution in [0.15, 0.2) is 30.3 Å². The second-order valence-electron chi connectivity index (χ2n) is 2.88. The van der Waals surface area contributed by atoms with Crippen molar-refractivity contribution in [2.45, 2.75) is 12.8 Å². The van der Waals surface area contributed by atoms with Crippen molar-refractivity contribution in [1.82, 2.24) is 0 Å². The van der Waals surface area contributed by atoms with Crippen LogP contribution in [0.3, 0.4) is 0 Å². The van der Waals surface area contributed by atoms with Gasteiger partial charge in [-0.2, -0.15) is 0 Å². The summed E-state index contributed by atoms with van der Waals surface area (Å²) in [6, 6.07) is 9.29. The second kappa shape index (κ2) is 5.34. The molecule has 1 aromatic rings. The molecule has 1 rings (SSSR count). The van der Waals surface area contributed by atoms with E-state index in [4.69, 9.17) is 5.73 Å². The van der Waals surface area contributed by atoms with E-state index in [1.807, 2.05) is 30.3 Å². The Morgan fingerprint density at radius 2 is 1.93 bits per heavy atom. The molecular weight excluding hydrogens is 196 g/mol. The summed E-state index contributed by atoms with van der Waals surface area (Å²) in [6.07, 6.45) is 0.790. The minimum atomic E-state index is -0.0657. The molecule has 74 valence electrons. The quantitative estimate of drug-likeness (QED) is 0.740. The lowest BCUT2D eigenvalue weighted by Gasteiger charge is -2.03. The maximum atomic E-state index is 11.3. The van der Waals surface area contributed by atoms with Gasteiger partial charge < -0.3 is 11.1 Å². The van der Waals surface area contributed by atoms with E-state index < -0.39 is 0 Å². The average molecular weight is 208 g/mol. The third-order valence-corrected chi connectivity index (χ3v) is 1.86. The molecule has 3 nitrogen and oxygen atoms in total. The fourth-order valence-corrected chi connectivity index (χ4v) is 1.08. The molecule has 0 atom stereocenters. The van der Waals surface area contributed by atoms with Crippen molar-refractivity contribution in [1.29, 1.82) is 0 Å². The van der Waals surface area contributed by atoms with Crippen molar-refractivity contribution in [3.8, 4) is 0 Å². The van der Waals surface area contributed by atoms with E-state index >= 15 is 0 Å². The monoisotopic (exact) mass is 208 g/mol. The minimum absolute atomic E-state index is 0.0657. The lowest BCUT2D eigenvalue weighted by atomic mass is 10.2. The molecule has 0 bridgehead atoms. The van der Waals surface area contributed by atoms with Gasteiger partial charge in [0, 0.05) is 18.5 Å². The Hall–Kier alpha value is -1.42. The Labute approximate surface area is 88.3 Å². The van der Waals surface area contributed by atoms with Crippen LogP contribution in [-0.2, 0) is 4.79 Å². The summed E-state index contributed by atoms with van der Waals surface area (Å²) in [5.74, 6) is -0.0657. The summed E-state index contributed by atoms with van der Waals surface area (Å²) in [4.78, 5) is 11.7. The van der Waals surface area contributed by atoms with Crippen LogP contribution in [0.4, 0.5) is 5.69 Å². The molecule has 0 fully saturated rings. The van der Waals surface area contributed by atoms with Crippen molar-refractivity contribution >= 4 is 28.8 Å². The van der Waals surface area contributed by atoms with Crippen LogP contribution >= 0.6 is 12.2 Å². The summed E-state index contributed by atoms with van der Waals surface area (Å²) in [5, 5.41) is 2.74. The molecular formula is C10H12N2OS. The third-order valence-electron chi connectivity index (χ3n) is 1.66. The fourth-order valence-electron chi connectivity index (χ4n) is 0.982. The lowest BCUT2D eigenvalue weighted by molar-refractivity contribution is -0.116. The molecule has 0 aliphatic heterocycles. The molecule has 14 heavy (non-hydrogen) atoms. The molecule has 0 heterocycles. The van der Waals surface area contributed by atoms with E-state index in [1.165, 1.54) is 0 Å². The van der Waals surface area contributed by atoms with Gasteiger partial charge in [0.05, 0.1) is 4.99 Å². The molecule has 0 unspecified atom stereocenters. The number of carbonyl (C=O) groups excluding carboxylic acids is 1. The van der Waals surface area contributed by atoms with E-state index in [2.05, 4.69) is 17.5 Å². The second-order valence-corrected chi connectivity index (χ2v) is 3.40. The fraction of sp³-hybridized carbons (Fsp3) is 0.200. The first-order valence-corrected chi connectivity index (χ1v) is 4.72. The molecule has 0 saturated heterocycles. The van der Waals surface area contributed by atoms with Crippen LogP contribution in [0.1, 0.15) is 12.8 Å². The van der Waals surface area contributed by atoms with Gasteiger partial charge in [-0.15, -0.1) is 0 Å². The highest BCUT2D eigenvalue weighted by atomic mass is 32.1. The predicted molar refractivity (Wildman–Crippen MR) is 61.1 cm³/mol. The Bertz CT molecular complexity index is 324. The number of amides is 1. The van der Waals surface area contributed by atoms with E-state index in [-0.39, 0.29) is 5.91 Å². The number of nitrogens with one attached hydrogen (secondary N) is 1. The predicted octanol–water partition coefficient (Wildman–Crippen LogP) is 1.69. The highest BCUT2D eigenvalue weighted by Crippen LogP contribution is 2.05. The molecule has 1 amide bonds. The highest BCUT2D eigenvalue weighted by molar-refractivity contribution is 7.80. The molecule has 0 aliphatic carbocycles. The van der Waals surface area contributed by atoms with Gasteiger partial charge in [0.15, 0.2) is 0 Å². The van der Waals surface area contributed by atoms with Crippen LogP contribution in [0, 0.1) is 0 Å². The topological polar surface area (TPSA) is 55.1 Å². The summed E-state index contributed by atoms with van der Waals surface area (Å²) < 4.78 is 0. The van der Waals surface area contributed by atoms with Crippen molar-refractivity contribution in [2.75, 3.05) is 5.32 Å². The smallest absolute Gasteiger partial charge is 0.224 e. The SMILES string of the molecule is NC(=S)CCC(=O)Nc1ccccc1. The normalized spacial score (nSPS) is 9.43. The van der Waals surface area contributed by atoms with Crippen molar-refractivity contribution < 1.29 is 4.79 Å². The van der Waals surface area contributed by atoms with Gasteiger partial charge in [-0.05, 0) is 12.1 Å². The first-order valence-electron chi connectivity index (χ1n) is 4.31. The Morgan fingerprint density at radius 3 is 2.50 bits per heavy atom. The summed E-state index contributed by atoms with van der Waals surface area (Å²) in [5.41, 5.74) is 6.08. The first-order chi connectivity index (χ1) is 6.68. The number of hydrogen-bond donors (Lipinski definition) is 2. The van der Waals surface area contributed by atoms with Gasteiger partial charge in [-0.1, -0.05) is 30.4 Å². The van der Waals surface area contributed by atoms with Gasteiger partial charge in [0.2, 0.25) is 5.91 Å². The molecule has 0 saturated carbocycles. The average Bonchev–Trinajstić information content (AvgIpc) is 2.16. The molecule has 0 radical (unpaired) electrons. The maximum Gasteiger partial charge on any atom is 0.224 e. The van der Waals surface area contributed by atoms with Crippen molar-refractivity contribution in [3.05, 3.63) is 30.3 Å². The van der Waals surface area contributed by atoms with E-state index in [0.717, 1.165) is 5.69 Å². The van der Waals surface area contributed by atoms with Crippen LogP contribution in [0.5, 0.6) is 0 Å². The minimum Gasteiger partial charge on any atom is -0.393 e. The standard InChI is InChI=1S/C10H12N2OS/c11-9(14)6-7-10(13)12-8-4-2-1-3-5-8/h1-5H,6-7H2,(H2,11,14)(H,12,13). The molecule has 0 aliphatic rings. The number of benzene rings is 1. The molecule has 3 N–H and O–H groups in total.